The van der Waals surface area contributed by atoms with E-state index < -0.39 is 0 Å². The third-order valence-corrected chi connectivity index (χ3v) is 6.08. The molecule has 4 heterocycles. The molecule has 2 aliphatic rings. The summed E-state index contributed by atoms with van der Waals surface area (Å²) in [5.41, 5.74) is 8.66. The highest BCUT2D eigenvalue weighted by Gasteiger charge is 2.24. The molecule has 2 aliphatic heterocycles. The molecule has 0 amide bonds. The molecule has 4 aromatic rings. The molecule has 6 nitrogen and oxygen atoms in total. The lowest BCUT2D eigenvalue weighted by Crippen LogP contribution is -2.06. The van der Waals surface area contributed by atoms with Crippen molar-refractivity contribution in [2.24, 2.45) is 0 Å². The first kappa shape index (κ1) is 18.2. The Kier molecular flexibility index (Phi) is 3.96. The number of nitrogens with one attached hydrogen (secondary N) is 2. The second-order valence-electron chi connectivity index (χ2n) is 8.48. The molecular weight excluding hydrogens is 388 g/mol. The zero-order valence-corrected chi connectivity index (χ0v) is 17.9. The van der Waals surface area contributed by atoms with Gasteiger partial charge in [-0.25, -0.2) is 4.98 Å². The van der Waals surface area contributed by atoms with Crippen LogP contribution in [0.5, 0.6) is 11.6 Å². The minimum absolute atomic E-state index is 0.329. The number of aryl methyl sites for hydroxylation is 1. The summed E-state index contributed by atoms with van der Waals surface area (Å²) in [6, 6.07) is 12.9. The summed E-state index contributed by atoms with van der Waals surface area (Å²) in [6.07, 6.45) is 0.883. The molecule has 0 aliphatic carbocycles. The molecule has 6 rings (SSSR count). The van der Waals surface area contributed by atoms with E-state index in [4.69, 9.17) is 14.5 Å². The molecule has 0 spiro atoms. The highest BCUT2D eigenvalue weighted by molar-refractivity contribution is 5.79. The Bertz CT molecular complexity index is 1320. The Hall–Kier alpha value is -3.54. The maximum absolute atomic E-state index is 6.04. The number of rotatable bonds is 3. The summed E-state index contributed by atoms with van der Waals surface area (Å²) < 4.78 is 12.0. The highest BCUT2D eigenvalue weighted by Crippen LogP contribution is 2.41. The molecule has 0 bridgehead atoms. The third-order valence-electron chi connectivity index (χ3n) is 6.08. The summed E-state index contributed by atoms with van der Waals surface area (Å²) in [5, 5.41) is 0. The average molecular weight is 412 g/mol. The zero-order valence-electron chi connectivity index (χ0n) is 17.9. The lowest BCUT2D eigenvalue weighted by molar-refractivity contribution is 0.291. The second-order valence-corrected chi connectivity index (χ2v) is 8.48. The molecule has 0 atom stereocenters. The van der Waals surface area contributed by atoms with E-state index in [0.717, 1.165) is 68.7 Å². The topological polar surface area (TPSA) is 75.8 Å². The molecule has 0 unspecified atom stereocenters. The normalized spacial score (nSPS) is 13.7. The fraction of sp³-hybridized carbons (Fsp3) is 0.280. The van der Waals surface area contributed by atoms with E-state index in [1.54, 1.807) is 0 Å². The number of hydrogen-bond donors (Lipinski definition) is 2. The number of aromatic nitrogens is 4. The predicted octanol–water partition coefficient (Wildman–Crippen LogP) is 5.60. The first-order valence-electron chi connectivity index (χ1n) is 10.8. The number of nitrogens with zero attached hydrogens (tertiary/aromatic N) is 2. The summed E-state index contributed by atoms with van der Waals surface area (Å²) in [6.45, 7) is 7.40. The molecule has 31 heavy (non-hydrogen) atoms. The van der Waals surface area contributed by atoms with Crippen molar-refractivity contribution in [3.05, 3.63) is 59.3 Å². The van der Waals surface area contributed by atoms with Crippen LogP contribution in [0.25, 0.3) is 33.6 Å². The van der Waals surface area contributed by atoms with Gasteiger partial charge < -0.3 is 19.4 Å². The van der Waals surface area contributed by atoms with Gasteiger partial charge >= 0.3 is 0 Å². The van der Waals surface area contributed by atoms with Gasteiger partial charge in [0.1, 0.15) is 36.3 Å². The molecule has 2 aromatic carbocycles. The van der Waals surface area contributed by atoms with E-state index >= 15 is 0 Å². The van der Waals surface area contributed by atoms with Gasteiger partial charge in [-0.2, -0.15) is 4.98 Å². The van der Waals surface area contributed by atoms with Crippen molar-refractivity contribution in [3.8, 4) is 45.3 Å². The largest absolute Gasteiger partial charge is 0.487 e. The van der Waals surface area contributed by atoms with E-state index in [1.165, 1.54) is 0 Å². The van der Waals surface area contributed by atoms with Crippen molar-refractivity contribution < 1.29 is 9.47 Å². The SMILES string of the molecule is CCc1nc2c([nH]1)COc1cc(-c3ccc4c(c3)COc3nc(C(C)C)[nH]c3-4)ccc1-2. The molecule has 0 fully saturated rings. The van der Waals surface area contributed by atoms with Crippen LogP contribution in [-0.4, -0.2) is 19.9 Å². The summed E-state index contributed by atoms with van der Waals surface area (Å²) >= 11 is 0. The van der Waals surface area contributed by atoms with Crippen LogP contribution in [0.1, 0.15) is 49.6 Å². The van der Waals surface area contributed by atoms with Crippen LogP contribution >= 0.6 is 0 Å². The molecule has 0 radical (unpaired) electrons. The van der Waals surface area contributed by atoms with Crippen LogP contribution in [0.3, 0.4) is 0 Å². The molecule has 6 heteroatoms. The minimum atomic E-state index is 0.329. The van der Waals surface area contributed by atoms with Crippen LogP contribution in [-0.2, 0) is 19.6 Å². The van der Waals surface area contributed by atoms with E-state index in [1.807, 2.05) is 0 Å². The van der Waals surface area contributed by atoms with E-state index in [2.05, 4.69) is 72.1 Å². The first-order chi connectivity index (χ1) is 15.1. The number of ether oxygens (including phenoxy) is 2. The van der Waals surface area contributed by atoms with Gasteiger partial charge in [0.05, 0.1) is 11.4 Å². The van der Waals surface area contributed by atoms with Gasteiger partial charge in [0, 0.05) is 23.5 Å². The van der Waals surface area contributed by atoms with Gasteiger partial charge in [-0.3, -0.25) is 0 Å². The van der Waals surface area contributed by atoms with Gasteiger partial charge in [-0.05, 0) is 34.9 Å². The fourth-order valence-corrected chi connectivity index (χ4v) is 4.34. The van der Waals surface area contributed by atoms with E-state index in [0.29, 0.717) is 25.0 Å². The number of aromatic amines is 2. The van der Waals surface area contributed by atoms with Crippen molar-refractivity contribution in [2.75, 3.05) is 0 Å². The average Bonchev–Trinajstić information content (AvgIpc) is 3.42. The maximum Gasteiger partial charge on any atom is 0.240 e. The predicted molar refractivity (Wildman–Crippen MR) is 119 cm³/mol. The lowest BCUT2D eigenvalue weighted by atomic mass is 9.95. The fourth-order valence-electron chi connectivity index (χ4n) is 4.34. The van der Waals surface area contributed by atoms with E-state index in [-0.39, 0.29) is 0 Å². The number of hydrogen-bond acceptors (Lipinski definition) is 4. The van der Waals surface area contributed by atoms with Crippen molar-refractivity contribution in [1.82, 2.24) is 19.9 Å². The van der Waals surface area contributed by atoms with E-state index in [9.17, 15) is 0 Å². The number of imidazole rings is 2. The number of H-pyrrole nitrogens is 2. The summed E-state index contributed by atoms with van der Waals surface area (Å²) in [7, 11) is 0. The number of fused-ring (bicyclic) bond motifs is 6. The van der Waals surface area contributed by atoms with Crippen LogP contribution < -0.4 is 9.47 Å². The lowest BCUT2D eigenvalue weighted by Gasteiger charge is -2.19. The van der Waals surface area contributed by atoms with Crippen LogP contribution in [0, 0.1) is 0 Å². The second kappa shape index (κ2) is 6.74. The van der Waals surface area contributed by atoms with Crippen LogP contribution in [0.15, 0.2) is 36.4 Å². The van der Waals surface area contributed by atoms with Crippen molar-refractivity contribution >= 4 is 0 Å². The Morgan fingerprint density at radius 3 is 2.55 bits per heavy atom. The van der Waals surface area contributed by atoms with Crippen molar-refractivity contribution in [2.45, 2.75) is 46.3 Å². The highest BCUT2D eigenvalue weighted by atomic mass is 16.5. The van der Waals surface area contributed by atoms with Crippen LogP contribution in [0.4, 0.5) is 0 Å². The number of benzene rings is 2. The van der Waals surface area contributed by atoms with Crippen molar-refractivity contribution in [3.63, 3.8) is 0 Å². The van der Waals surface area contributed by atoms with Gasteiger partial charge in [-0.1, -0.05) is 39.0 Å². The van der Waals surface area contributed by atoms with Gasteiger partial charge in [0.2, 0.25) is 5.88 Å². The van der Waals surface area contributed by atoms with Gasteiger partial charge in [-0.15, -0.1) is 0 Å². The third kappa shape index (κ3) is 2.86. The Labute approximate surface area is 180 Å². The molecular formula is C25H24N4O2. The molecule has 156 valence electrons. The smallest absolute Gasteiger partial charge is 0.240 e. The first-order valence-corrected chi connectivity index (χ1v) is 10.8. The van der Waals surface area contributed by atoms with Crippen LogP contribution in [0.2, 0.25) is 0 Å². The quantitative estimate of drug-likeness (QED) is 0.459. The Balaban J connectivity index is 1.37. The van der Waals surface area contributed by atoms with Crippen molar-refractivity contribution in [1.29, 1.82) is 0 Å². The monoisotopic (exact) mass is 412 g/mol. The molecule has 0 saturated carbocycles. The summed E-state index contributed by atoms with van der Waals surface area (Å²) in [5.74, 6) is 3.87. The molecule has 2 N–H and O–H groups in total. The zero-order chi connectivity index (χ0) is 21.1. The van der Waals surface area contributed by atoms with Gasteiger partial charge in [0.15, 0.2) is 0 Å². The molecule has 2 aromatic heterocycles. The molecule has 0 saturated heterocycles. The Morgan fingerprint density at radius 2 is 1.74 bits per heavy atom. The van der Waals surface area contributed by atoms with Gasteiger partial charge in [0.25, 0.3) is 0 Å². The minimum Gasteiger partial charge on any atom is -0.487 e. The summed E-state index contributed by atoms with van der Waals surface area (Å²) in [4.78, 5) is 16.1. The standard InChI is InChI=1S/C25H24N4O2/c1-4-21-26-19-12-30-20-10-15(6-8-18(20)22(19)27-21)14-5-7-17-16(9-14)11-31-25-23(17)28-24(29-25)13(2)3/h5-10,13H,4,11-12H2,1-3H3,(H,26,27)(H,28,29). The maximum atomic E-state index is 6.04. The Morgan fingerprint density at radius 1 is 0.935 bits per heavy atom.